The molecule has 1 aromatic carbocycles. The fourth-order valence-corrected chi connectivity index (χ4v) is 0.987. The third-order valence-electron chi connectivity index (χ3n) is 1.40. The van der Waals surface area contributed by atoms with Crippen LogP contribution in [-0.4, -0.2) is 22.7 Å². The van der Waals surface area contributed by atoms with E-state index in [0.717, 1.165) is 15.7 Å². The van der Waals surface area contributed by atoms with Gasteiger partial charge in [0.1, 0.15) is 0 Å². The van der Waals surface area contributed by atoms with Crippen LogP contribution < -0.4 is 4.56 Å². The van der Waals surface area contributed by atoms with Gasteiger partial charge in [0, 0.05) is 0 Å². The average Bonchev–Trinajstić information content (AvgIpc) is 2.27. The average molecular weight is 125 g/mol. The Kier molecular flexibility index (Phi) is 1.30. The summed E-state index contributed by atoms with van der Waals surface area (Å²) in [7, 11) is 0. The Morgan fingerprint density at radius 2 is 2.10 bits per heavy atom. The molecule has 0 atom stereocenters. The van der Waals surface area contributed by atoms with Crippen molar-refractivity contribution in [2.75, 3.05) is 0 Å². The zero-order valence-electron chi connectivity index (χ0n) is 5.66. The van der Waals surface area contributed by atoms with E-state index in [9.17, 15) is 0 Å². The van der Waals surface area contributed by atoms with Gasteiger partial charge in [-0.2, -0.15) is 0 Å². The molecular weight excluding hydrogens is 121 g/mol. The number of benzene rings is 1. The summed E-state index contributed by atoms with van der Waals surface area (Å²) in [5.74, 6) is 0. The molecule has 0 saturated heterocycles. The molecule has 0 aliphatic rings. The van der Waals surface area contributed by atoms with Crippen molar-refractivity contribution in [3.05, 3.63) is 24.3 Å². The molecule has 3 heteroatoms. The van der Waals surface area contributed by atoms with Crippen molar-refractivity contribution in [3.8, 4) is 0 Å². The summed E-state index contributed by atoms with van der Waals surface area (Å²) >= 11 is 1.85. The molecule has 0 spiro atoms. The van der Waals surface area contributed by atoms with Crippen LogP contribution in [-0.2, 0) is 0 Å². The Morgan fingerprint density at radius 1 is 1.30 bits per heavy atom. The summed E-state index contributed by atoms with van der Waals surface area (Å²) in [6, 6.07) is 7.73. The third-order valence-corrected chi connectivity index (χ3v) is 1.40. The number of fused-ring (bicyclic) bond motifs is 1. The van der Waals surface area contributed by atoms with E-state index in [0.29, 0.717) is 0 Å². The van der Waals surface area contributed by atoms with Gasteiger partial charge in [-0.25, -0.2) is 0 Å². The monoisotopic (exact) mass is 125 g/mol. The molecule has 44 valence electrons. The molecule has 2 nitrogen and oxygen atoms in total. The molecule has 0 aliphatic carbocycles. The summed E-state index contributed by atoms with van der Waals surface area (Å²) in [6.45, 7) is 0. The van der Waals surface area contributed by atoms with Crippen molar-refractivity contribution in [1.29, 1.82) is 0 Å². The minimum absolute atomic E-state index is 0.723. The summed E-state index contributed by atoms with van der Waals surface area (Å²) in [5, 5.41) is 0. The summed E-state index contributed by atoms with van der Waals surface area (Å²) < 4.78 is 5.98. The predicted octanol–water partition coefficient (Wildman–Crippen LogP) is 0.622. The molecule has 0 saturated carbocycles. The van der Waals surface area contributed by atoms with Gasteiger partial charge in [-0.15, -0.1) is 0 Å². The van der Waals surface area contributed by atoms with E-state index in [4.69, 9.17) is 4.42 Å². The minimum atomic E-state index is 0.723. The van der Waals surface area contributed by atoms with Crippen LogP contribution in [0.5, 0.6) is 0 Å². The van der Waals surface area contributed by atoms with Crippen molar-refractivity contribution in [2.24, 2.45) is 0 Å². The van der Waals surface area contributed by atoms with E-state index >= 15 is 0 Å². The maximum absolute atomic E-state index is 5.26. The second-order valence-electron chi connectivity index (χ2n) is 2.20. The first-order valence-corrected chi connectivity index (χ1v) is 3.18. The molecule has 10 heavy (non-hydrogen) atoms. The quantitative estimate of drug-likeness (QED) is 0.482. The number of nitrogens with zero attached hydrogens (tertiary/aromatic N) is 1. The van der Waals surface area contributed by atoms with Crippen molar-refractivity contribution in [1.82, 2.24) is 4.98 Å². The first kappa shape index (κ1) is 6.03. The van der Waals surface area contributed by atoms with E-state index < -0.39 is 0 Å². The van der Waals surface area contributed by atoms with Crippen molar-refractivity contribution < 1.29 is 4.42 Å². The van der Waals surface area contributed by atoms with Gasteiger partial charge in [0.15, 0.2) is 0 Å². The van der Waals surface area contributed by atoms with Gasteiger partial charge in [-0.1, -0.05) is 0 Å². The van der Waals surface area contributed by atoms with Crippen molar-refractivity contribution in [3.63, 3.8) is 0 Å². The topological polar surface area (TPSA) is 26.0 Å². The Bertz CT molecular complexity index is 322. The Morgan fingerprint density at radius 3 is 2.90 bits per heavy atom. The van der Waals surface area contributed by atoms with E-state index in [-0.39, 0.29) is 0 Å². The van der Waals surface area contributed by atoms with Crippen LogP contribution in [0.2, 0.25) is 0 Å². The van der Waals surface area contributed by atoms with Crippen LogP contribution in [0.1, 0.15) is 0 Å². The third kappa shape index (κ3) is 0.861. The van der Waals surface area contributed by atoms with Gasteiger partial charge >= 0.3 is 67.0 Å². The van der Waals surface area contributed by atoms with Crippen LogP contribution in [0, 0.1) is 0 Å². The molecule has 0 N–H and O–H groups in total. The number of oxazole rings is 1. The number of hydrogen-bond acceptors (Lipinski definition) is 2. The van der Waals surface area contributed by atoms with E-state index in [1.165, 1.54) is 0 Å². The van der Waals surface area contributed by atoms with Gasteiger partial charge in [0.2, 0.25) is 0 Å². The summed E-state index contributed by atoms with van der Waals surface area (Å²) in [4.78, 5) is 4.15. The molecule has 0 aliphatic heterocycles. The zero-order chi connectivity index (χ0) is 6.97. The normalized spacial score (nSPS) is 10.6. The molecule has 1 heterocycles. The molecule has 0 amide bonds. The van der Waals surface area contributed by atoms with Gasteiger partial charge in [-0.05, 0) is 0 Å². The molecule has 2 aromatic rings. The fraction of sp³-hybridized carbons (Fsp3) is 0. The van der Waals surface area contributed by atoms with Crippen LogP contribution in [0.15, 0.2) is 28.7 Å². The fourth-order valence-electron chi connectivity index (χ4n) is 0.987. The number of hydrogen-bond donors (Lipinski definition) is 0. The Hall–Kier alpha value is -0.713. The molecule has 2 rings (SSSR count). The van der Waals surface area contributed by atoms with Gasteiger partial charge < -0.3 is 0 Å². The van der Waals surface area contributed by atoms with E-state index in [2.05, 4.69) is 4.98 Å². The molecule has 0 fully saturated rings. The van der Waals surface area contributed by atoms with Gasteiger partial charge in [0.25, 0.3) is 0 Å². The first-order chi connectivity index (χ1) is 4.86. The van der Waals surface area contributed by atoms with Crippen LogP contribution in [0.25, 0.3) is 11.1 Å². The Labute approximate surface area is 67.4 Å². The molecule has 0 radical (unpaired) electrons. The number of rotatable bonds is 0. The van der Waals surface area contributed by atoms with Crippen LogP contribution in [0.4, 0.5) is 0 Å². The molecule has 1 aromatic heterocycles. The van der Waals surface area contributed by atoms with Crippen molar-refractivity contribution in [2.45, 2.75) is 0 Å². The van der Waals surface area contributed by atoms with Crippen LogP contribution >= 0.6 is 0 Å². The Balaban J connectivity index is 2.88. The van der Waals surface area contributed by atoms with Crippen LogP contribution in [0.3, 0.4) is 0 Å². The molecule has 0 unspecified atom stereocenters. The SMILES string of the molecule is [Li][c]1nc2ccccc2o1. The van der Waals surface area contributed by atoms with E-state index in [1.54, 1.807) is 0 Å². The first-order valence-electron chi connectivity index (χ1n) is 3.18. The molecule has 0 bridgehead atoms. The summed E-state index contributed by atoms with van der Waals surface area (Å²) in [5.41, 5.74) is 1.79. The second-order valence-corrected chi connectivity index (χ2v) is 2.20. The van der Waals surface area contributed by atoms with Gasteiger partial charge in [-0.3, -0.25) is 0 Å². The standard InChI is InChI=1S/C7H4NO.Li/c1-2-4-7-6(3-1)8-5-9-7;/h1-4H;. The second kappa shape index (κ2) is 2.16. The van der Waals surface area contributed by atoms with Gasteiger partial charge in [0.05, 0.1) is 0 Å². The van der Waals surface area contributed by atoms with E-state index in [1.807, 2.05) is 42.0 Å². The zero-order valence-corrected chi connectivity index (χ0v) is 5.66. The summed E-state index contributed by atoms with van der Waals surface area (Å²) in [6.07, 6.45) is 0. The predicted molar refractivity (Wildman–Crippen MR) is 39.4 cm³/mol. The number of aromatic nitrogens is 1. The number of para-hydroxylation sites is 2. The van der Waals surface area contributed by atoms with Crippen molar-refractivity contribution >= 4 is 33.4 Å². The maximum atomic E-state index is 5.26. The molecular formula is C7H4LiNO.